The van der Waals surface area contributed by atoms with E-state index in [4.69, 9.17) is 14.1 Å². The highest BCUT2D eigenvalue weighted by atomic mass is 32.1. The summed E-state index contributed by atoms with van der Waals surface area (Å²) in [5.41, 5.74) is 2.07. The lowest BCUT2D eigenvalue weighted by atomic mass is 10.2. The van der Waals surface area contributed by atoms with E-state index in [1.54, 1.807) is 17.5 Å². The molecule has 0 N–H and O–H groups in total. The molecule has 0 aliphatic carbocycles. The average Bonchev–Trinajstić information content (AvgIpc) is 3.37. The number of fused-ring (bicyclic) bond motifs is 3. The molecule has 2 aliphatic heterocycles. The van der Waals surface area contributed by atoms with E-state index in [2.05, 4.69) is 9.88 Å². The minimum Gasteiger partial charge on any atom is -0.444 e. The van der Waals surface area contributed by atoms with Crippen LogP contribution in [0.4, 0.5) is 10.8 Å². The molecule has 1 amide bonds. The average molecular weight is 413 g/mol. The summed E-state index contributed by atoms with van der Waals surface area (Å²) in [6, 6.07) is 6.82. The standard InChI is InChI=1S/C21H24N4O3S/c1-21(2,3)28-20(26)25-13-7-8-14(25)12-24(11-13)19-23-16-6-4-5-15(17(16)27-19)18-22-9-10-29-18/h4-6,9-10,13-14H,7-8,11-12H2,1-3H3. The van der Waals surface area contributed by atoms with Gasteiger partial charge in [-0.2, -0.15) is 4.98 Å². The number of aromatic nitrogens is 2. The quantitative estimate of drug-likeness (QED) is 0.615. The van der Waals surface area contributed by atoms with Crippen LogP contribution < -0.4 is 4.90 Å². The third-order valence-corrected chi connectivity index (χ3v) is 6.23. The minimum absolute atomic E-state index is 0.122. The van der Waals surface area contributed by atoms with Crippen molar-refractivity contribution in [1.29, 1.82) is 0 Å². The van der Waals surface area contributed by atoms with Crippen molar-refractivity contribution in [1.82, 2.24) is 14.9 Å². The molecule has 3 aromatic rings. The van der Waals surface area contributed by atoms with Gasteiger partial charge in [0.15, 0.2) is 5.58 Å². The second-order valence-electron chi connectivity index (χ2n) is 8.67. The Bertz CT molecular complexity index is 1030. The lowest BCUT2D eigenvalue weighted by Gasteiger charge is -2.40. The van der Waals surface area contributed by atoms with Crippen LogP contribution in [0.25, 0.3) is 21.7 Å². The summed E-state index contributed by atoms with van der Waals surface area (Å²) in [7, 11) is 0. The maximum atomic E-state index is 12.7. The zero-order chi connectivity index (χ0) is 20.2. The molecule has 2 aliphatic rings. The summed E-state index contributed by atoms with van der Waals surface area (Å²) >= 11 is 1.58. The van der Waals surface area contributed by atoms with Gasteiger partial charge in [0, 0.05) is 24.7 Å². The fourth-order valence-electron chi connectivity index (χ4n) is 4.27. The molecule has 152 valence electrons. The fourth-order valence-corrected chi connectivity index (χ4v) is 4.93. The van der Waals surface area contributed by atoms with Crippen LogP contribution in [0, 0.1) is 0 Å². The number of amides is 1. The van der Waals surface area contributed by atoms with Crippen molar-refractivity contribution in [3.05, 3.63) is 29.8 Å². The summed E-state index contributed by atoms with van der Waals surface area (Å²) in [5.74, 6) is 0. The number of para-hydroxylation sites is 1. The molecule has 7 nitrogen and oxygen atoms in total. The van der Waals surface area contributed by atoms with Gasteiger partial charge in [-0.25, -0.2) is 9.78 Å². The molecule has 2 bridgehead atoms. The van der Waals surface area contributed by atoms with Crippen molar-refractivity contribution in [2.24, 2.45) is 0 Å². The van der Waals surface area contributed by atoms with E-state index in [-0.39, 0.29) is 18.2 Å². The number of piperazine rings is 1. The van der Waals surface area contributed by atoms with E-state index in [1.165, 1.54) is 0 Å². The van der Waals surface area contributed by atoms with E-state index in [9.17, 15) is 4.79 Å². The van der Waals surface area contributed by atoms with Gasteiger partial charge in [0.1, 0.15) is 16.1 Å². The number of carbonyl (C=O) groups excluding carboxylic acids is 1. The van der Waals surface area contributed by atoms with E-state index in [0.29, 0.717) is 19.1 Å². The van der Waals surface area contributed by atoms with E-state index in [0.717, 1.165) is 34.5 Å². The highest BCUT2D eigenvalue weighted by molar-refractivity contribution is 7.13. The molecule has 29 heavy (non-hydrogen) atoms. The molecule has 0 saturated carbocycles. The van der Waals surface area contributed by atoms with Crippen molar-refractivity contribution in [2.75, 3.05) is 18.0 Å². The molecule has 2 fully saturated rings. The predicted octanol–water partition coefficient (Wildman–Crippen LogP) is 4.54. The number of hydrogen-bond donors (Lipinski definition) is 0. The van der Waals surface area contributed by atoms with Crippen LogP contribution in [0.15, 0.2) is 34.2 Å². The summed E-state index contributed by atoms with van der Waals surface area (Å²) < 4.78 is 11.8. The van der Waals surface area contributed by atoms with Crippen LogP contribution in [0.1, 0.15) is 33.6 Å². The van der Waals surface area contributed by atoms with Gasteiger partial charge in [0.25, 0.3) is 6.01 Å². The topological polar surface area (TPSA) is 71.7 Å². The summed E-state index contributed by atoms with van der Waals surface area (Å²) in [6.07, 6.45) is 3.54. The molecule has 2 unspecified atom stereocenters. The number of thiazole rings is 1. The molecule has 8 heteroatoms. The lowest BCUT2D eigenvalue weighted by molar-refractivity contribution is 0.0120. The van der Waals surface area contributed by atoms with Gasteiger partial charge in [0.05, 0.1) is 17.6 Å². The molecule has 2 saturated heterocycles. The fraction of sp³-hybridized carbons (Fsp3) is 0.476. The molecule has 0 spiro atoms. The first-order valence-corrected chi connectivity index (χ1v) is 10.8. The lowest BCUT2D eigenvalue weighted by Crippen LogP contribution is -2.56. The van der Waals surface area contributed by atoms with Crippen LogP contribution in [-0.4, -0.2) is 51.7 Å². The largest absolute Gasteiger partial charge is 0.444 e. The van der Waals surface area contributed by atoms with Crippen LogP contribution in [0.5, 0.6) is 0 Å². The molecule has 2 atom stereocenters. The number of benzene rings is 1. The number of nitrogens with zero attached hydrogens (tertiary/aromatic N) is 4. The third-order valence-electron chi connectivity index (χ3n) is 5.42. The van der Waals surface area contributed by atoms with Crippen molar-refractivity contribution in [3.8, 4) is 10.6 Å². The Morgan fingerprint density at radius 2 is 2.00 bits per heavy atom. The Morgan fingerprint density at radius 1 is 1.24 bits per heavy atom. The summed E-state index contributed by atoms with van der Waals surface area (Å²) in [6.45, 7) is 7.12. The number of ether oxygens (including phenoxy) is 1. The van der Waals surface area contributed by atoms with E-state index < -0.39 is 5.60 Å². The van der Waals surface area contributed by atoms with Gasteiger partial charge in [-0.3, -0.25) is 4.90 Å². The summed E-state index contributed by atoms with van der Waals surface area (Å²) in [4.78, 5) is 25.9. The maximum Gasteiger partial charge on any atom is 0.410 e. The van der Waals surface area contributed by atoms with Gasteiger partial charge >= 0.3 is 6.09 Å². The van der Waals surface area contributed by atoms with Gasteiger partial charge in [-0.1, -0.05) is 6.07 Å². The van der Waals surface area contributed by atoms with Crippen molar-refractivity contribution in [2.45, 2.75) is 51.3 Å². The smallest absolute Gasteiger partial charge is 0.410 e. The van der Waals surface area contributed by atoms with E-state index >= 15 is 0 Å². The Hall–Kier alpha value is -2.61. The molecular weight excluding hydrogens is 388 g/mol. The van der Waals surface area contributed by atoms with Crippen molar-refractivity contribution < 1.29 is 13.9 Å². The third kappa shape index (κ3) is 3.35. The van der Waals surface area contributed by atoms with Gasteiger partial charge in [0.2, 0.25) is 0 Å². The normalized spacial score (nSPS) is 21.8. The monoisotopic (exact) mass is 412 g/mol. The molecule has 1 aromatic carbocycles. The second kappa shape index (κ2) is 6.73. The van der Waals surface area contributed by atoms with Gasteiger partial charge in [-0.05, 0) is 45.7 Å². The minimum atomic E-state index is -0.486. The van der Waals surface area contributed by atoms with Gasteiger partial charge < -0.3 is 14.1 Å². The first kappa shape index (κ1) is 18.4. The highest BCUT2D eigenvalue weighted by Gasteiger charge is 2.45. The molecule has 5 rings (SSSR count). The van der Waals surface area contributed by atoms with Crippen molar-refractivity contribution in [3.63, 3.8) is 0 Å². The maximum absolute atomic E-state index is 12.7. The number of hydrogen-bond acceptors (Lipinski definition) is 7. The summed E-state index contributed by atoms with van der Waals surface area (Å²) in [5, 5.41) is 2.88. The number of anilines is 1. The zero-order valence-corrected chi connectivity index (χ0v) is 17.6. The Morgan fingerprint density at radius 3 is 2.66 bits per heavy atom. The number of carbonyl (C=O) groups is 1. The molecule has 2 aromatic heterocycles. The van der Waals surface area contributed by atoms with Crippen LogP contribution in [0.2, 0.25) is 0 Å². The SMILES string of the molecule is CC(C)(C)OC(=O)N1C2CCC1CN(c1nc3cccc(-c4nccs4)c3o1)C2. The number of oxazole rings is 1. The van der Waals surface area contributed by atoms with E-state index in [1.807, 2.05) is 49.3 Å². The van der Waals surface area contributed by atoms with Crippen molar-refractivity contribution >= 4 is 34.5 Å². The van der Waals surface area contributed by atoms with Gasteiger partial charge in [-0.15, -0.1) is 11.3 Å². The Balaban J connectivity index is 1.40. The molecule has 4 heterocycles. The van der Waals surface area contributed by atoms with Crippen LogP contribution >= 0.6 is 11.3 Å². The Labute approximate surface area is 173 Å². The molecule has 0 radical (unpaired) electrons. The van der Waals surface area contributed by atoms with Crippen LogP contribution in [0.3, 0.4) is 0 Å². The second-order valence-corrected chi connectivity index (χ2v) is 9.56. The first-order valence-electron chi connectivity index (χ1n) is 9.95. The Kier molecular flexibility index (Phi) is 4.27. The predicted molar refractivity (Wildman–Crippen MR) is 112 cm³/mol. The van der Waals surface area contributed by atoms with Crippen LogP contribution in [-0.2, 0) is 4.74 Å². The first-order chi connectivity index (χ1) is 13.9. The highest BCUT2D eigenvalue weighted by Crippen LogP contribution is 2.37. The molecular formula is C21H24N4O3S. The zero-order valence-electron chi connectivity index (χ0n) is 16.8. The number of rotatable bonds is 2.